The van der Waals surface area contributed by atoms with Crippen LogP contribution < -0.4 is 4.90 Å². The van der Waals surface area contributed by atoms with Gasteiger partial charge in [0.25, 0.3) is 0 Å². The van der Waals surface area contributed by atoms with Crippen molar-refractivity contribution in [2.45, 2.75) is 65.4 Å². The number of imide groups is 1. The molecule has 4 aliphatic rings. The molecule has 31 heavy (non-hydrogen) atoms. The molecule has 1 aliphatic heterocycles. The molecule has 0 spiro atoms. The van der Waals surface area contributed by atoms with Crippen LogP contribution in [-0.2, 0) is 14.3 Å². The molecule has 0 aromatic heterocycles. The summed E-state index contributed by atoms with van der Waals surface area (Å²) in [7, 11) is 0. The minimum Gasteiger partial charge on any atom is -0.458 e. The zero-order chi connectivity index (χ0) is 21.9. The highest BCUT2D eigenvalue weighted by atomic mass is 16.5. The van der Waals surface area contributed by atoms with Gasteiger partial charge >= 0.3 is 5.97 Å². The number of ether oxygens (including phenoxy) is 1. The molecule has 5 heteroatoms. The van der Waals surface area contributed by atoms with Gasteiger partial charge in [0, 0.05) is 0 Å². The van der Waals surface area contributed by atoms with Crippen molar-refractivity contribution in [2.24, 2.45) is 41.4 Å². The molecule has 1 aromatic carbocycles. The van der Waals surface area contributed by atoms with Crippen LogP contribution >= 0.6 is 0 Å². The molecule has 1 heterocycles. The lowest BCUT2D eigenvalue weighted by atomic mass is 9.75. The van der Waals surface area contributed by atoms with Crippen molar-refractivity contribution in [2.75, 3.05) is 4.90 Å². The number of amides is 2. The maximum atomic E-state index is 13.0. The Morgan fingerprint density at radius 1 is 0.935 bits per heavy atom. The second-order valence-electron chi connectivity index (χ2n) is 10.7. The van der Waals surface area contributed by atoms with E-state index in [2.05, 4.69) is 20.8 Å². The second-order valence-corrected chi connectivity index (χ2v) is 10.7. The van der Waals surface area contributed by atoms with Crippen molar-refractivity contribution >= 4 is 23.5 Å². The zero-order valence-corrected chi connectivity index (χ0v) is 18.8. The van der Waals surface area contributed by atoms with Gasteiger partial charge < -0.3 is 4.74 Å². The quantitative estimate of drug-likeness (QED) is 0.513. The van der Waals surface area contributed by atoms with Gasteiger partial charge in [0.15, 0.2) is 0 Å². The van der Waals surface area contributed by atoms with Gasteiger partial charge in [-0.2, -0.15) is 0 Å². The summed E-state index contributed by atoms with van der Waals surface area (Å²) in [5.41, 5.74) is 1.05. The third kappa shape index (κ3) is 3.41. The van der Waals surface area contributed by atoms with Crippen LogP contribution in [0.1, 0.15) is 69.7 Å². The van der Waals surface area contributed by atoms with Gasteiger partial charge in [-0.3, -0.25) is 14.5 Å². The van der Waals surface area contributed by atoms with Crippen LogP contribution in [0.25, 0.3) is 0 Å². The Labute approximate surface area is 184 Å². The standard InChI is InChI=1S/C26H33NO4/c1-14(2)20-11-4-15(3)12-21(20)31-26(30)16-7-9-19(10-8-16)27-24(28)22-17-5-6-18(13-17)23(22)25(27)29/h7-10,14-15,17-18,20-23H,4-6,11-13H2,1-3H3. The molecule has 166 valence electrons. The number of rotatable bonds is 4. The van der Waals surface area contributed by atoms with Crippen molar-refractivity contribution < 1.29 is 19.1 Å². The summed E-state index contributed by atoms with van der Waals surface area (Å²) in [6, 6.07) is 6.83. The van der Waals surface area contributed by atoms with E-state index in [4.69, 9.17) is 4.74 Å². The van der Waals surface area contributed by atoms with Crippen LogP contribution in [-0.4, -0.2) is 23.9 Å². The highest BCUT2D eigenvalue weighted by molar-refractivity contribution is 6.22. The summed E-state index contributed by atoms with van der Waals surface area (Å²) in [4.78, 5) is 40.2. The van der Waals surface area contributed by atoms with Gasteiger partial charge in [-0.05, 0) is 86.0 Å². The number of fused-ring (bicyclic) bond motifs is 5. The van der Waals surface area contributed by atoms with Crippen LogP contribution in [0.5, 0.6) is 0 Å². The molecule has 4 fully saturated rings. The van der Waals surface area contributed by atoms with Gasteiger partial charge in [0.1, 0.15) is 6.10 Å². The smallest absolute Gasteiger partial charge is 0.338 e. The van der Waals surface area contributed by atoms with Crippen molar-refractivity contribution in [3.8, 4) is 0 Å². The van der Waals surface area contributed by atoms with E-state index in [0.29, 0.717) is 40.8 Å². The molecular formula is C26H33NO4. The average molecular weight is 424 g/mol. The maximum Gasteiger partial charge on any atom is 0.338 e. The number of carbonyl (C=O) groups is 3. The van der Waals surface area contributed by atoms with E-state index in [9.17, 15) is 14.4 Å². The first kappa shape index (κ1) is 20.7. The van der Waals surface area contributed by atoms with Crippen molar-refractivity contribution in [1.82, 2.24) is 0 Å². The van der Waals surface area contributed by atoms with E-state index < -0.39 is 0 Å². The molecular weight excluding hydrogens is 390 g/mol. The van der Waals surface area contributed by atoms with Gasteiger partial charge in [-0.15, -0.1) is 0 Å². The fourth-order valence-corrected chi connectivity index (χ4v) is 6.87. The molecule has 2 bridgehead atoms. The lowest BCUT2D eigenvalue weighted by Gasteiger charge is -2.36. The molecule has 1 saturated heterocycles. The zero-order valence-electron chi connectivity index (χ0n) is 18.8. The third-order valence-corrected chi connectivity index (χ3v) is 8.51. The minimum absolute atomic E-state index is 0.0477. The Bertz CT molecular complexity index is 863. The Kier molecular flexibility index (Phi) is 5.18. The lowest BCUT2D eigenvalue weighted by Crippen LogP contribution is -2.36. The predicted molar refractivity (Wildman–Crippen MR) is 117 cm³/mol. The topological polar surface area (TPSA) is 63.7 Å². The van der Waals surface area contributed by atoms with Crippen LogP contribution in [0.15, 0.2) is 24.3 Å². The number of hydrogen-bond acceptors (Lipinski definition) is 4. The summed E-state index contributed by atoms with van der Waals surface area (Å²) < 4.78 is 5.94. The van der Waals surface area contributed by atoms with Crippen LogP contribution in [0.2, 0.25) is 0 Å². The highest BCUT2D eigenvalue weighted by Gasteiger charge is 2.61. The predicted octanol–water partition coefficient (Wildman–Crippen LogP) is 4.84. The largest absolute Gasteiger partial charge is 0.458 e. The van der Waals surface area contributed by atoms with E-state index in [1.54, 1.807) is 24.3 Å². The number of carbonyl (C=O) groups excluding carboxylic acids is 3. The van der Waals surface area contributed by atoms with E-state index in [-0.39, 0.29) is 35.7 Å². The number of anilines is 1. The summed E-state index contributed by atoms with van der Waals surface area (Å²) in [5, 5.41) is 0. The Morgan fingerprint density at radius 2 is 1.55 bits per heavy atom. The first-order valence-corrected chi connectivity index (χ1v) is 12.0. The first-order chi connectivity index (χ1) is 14.8. The molecule has 7 atom stereocenters. The van der Waals surface area contributed by atoms with Crippen molar-refractivity contribution in [3.05, 3.63) is 29.8 Å². The highest BCUT2D eigenvalue weighted by Crippen LogP contribution is 2.56. The number of hydrogen-bond donors (Lipinski definition) is 0. The molecule has 3 aliphatic carbocycles. The van der Waals surface area contributed by atoms with Gasteiger partial charge in [0.05, 0.1) is 23.1 Å². The molecule has 2 amide bonds. The summed E-state index contributed by atoms with van der Waals surface area (Å²) in [6.07, 6.45) is 6.32. The molecule has 1 aromatic rings. The first-order valence-electron chi connectivity index (χ1n) is 12.0. The Morgan fingerprint density at radius 3 is 2.13 bits per heavy atom. The van der Waals surface area contributed by atoms with E-state index >= 15 is 0 Å². The summed E-state index contributed by atoms with van der Waals surface area (Å²) in [5.74, 6) is 1.53. The van der Waals surface area contributed by atoms with Gasteiger partial charge in [-0.25, -0.2) is 4.79 Å². The van der Waals surface area contributed by atoms with Crippen molar-refractivity contribution in [1.29, 1.82) is 0 Å². The van der Waals surface area contributed by atoms with Gasteiger partial charge in [-0.1, -0.05) is 27.2 Å². The van der Waals surface area contributed by atoms with Crippen molar-refractivity contribution in [3.63, 3.8) is 0 Å². The fraction of sp³-hybridized carbons (Fsp3) is 0.654. The molecule has 3 saturated carbocycles. The van der Waals surface area contributed by atoms with Crippen LogP contribution in [0.3, 0.4) is 0 Å². The molecule has 0 radical (unpaired) electrons. The normalized spacial score (nSPS) is 36.9. The number of benzene rings is 1. The fourth-order valence-electron chi connectivity index (χ4n) is 6.87. The molecule has 5 nitrogen and oxygen atoms in total. The van der Waals surface area contributed by atoms with Crippen LogP contribution in [0, 0.1) is 41.4 Å². The minimum atomic E-state index is -0.315. The number of nitrogens with zero attached hydrogens (tertiary/aromatic N) is 1. The Balaban J connectivity index is 1.29. The number of esters is 1. The average Bonchev–Trinajstić information content (AvgIpc) is 3.42. The maximum absolute atomic E-state index is 13.0. The Hall–Kier alpha value is -2.17. The second kappa shape index (κ2) is 7.75. The monoisotopic (exact) mass is 423 g/mol. The SMILES string of the molecule is CC1CCC(C(C)C)C(OC(=O)c2ccc(N3C(=O)C4C5CCC(C5)C4C3=O)cc2)C1. The lowest BCUT2D eigenvalue weighted by molar-refractivity contribution is -0.123. The van der Waals surface area contributed by atoms with E-state index in [1.807, 2.05) is 0 Å². The van der Waals surface area contributed by atoms with Crippen LogP contribution in [0.4, 0.5) is 5.69 Å². The molecule has 5 rings (SSSR count). The third-order valence-electron chi connectivity index (χ3n) is 8.51. The molecule has 7 unspecified atom stereocenters. The summed E-state index contributed by atoms with van der Waals surface area (Å²) in [6.45, 7) is 6.61. The van der Waals surface area contributed by atoms with Gasteiger partial charge in [0.2, 0.25) is 11.8 Å². The van der Waals surface area contributed by atoms with E-state index in [0.717, 1.165) is 32.1 Å². The summed E-state index contributed by atoms with van der Waals surface area (Å²) >= 11 is 0. The molecule has 0 N–H and O–H groups in total. The van der Waals surface area contributed by atoms with E-state index in [1.165, 1.54) is 11.3 Å².